The van der Waals surface area contributed by atoms with Crippen LogP contribution in [0.2, 0.25) is 0 Å². The van der Waals surface area contributed by atoms with Crippen molar-refractivity contribution in [1.29, 1.82) is 0 Å². The second-order valence-electron chi connectivity index (χ2n) is 3.10. The summed E-state index contributed by atoms with van der Waals surface area (Å²) < 4.78 is 4.46. The second kappa shape index (κ2) is 4.73. The van der Waals surface area contributed by atoms with E-state index in [-0.39, 0.29) is 0 Å². The number of carbonyl (C=O) groups is 1. The van der Waals surface area contributed by atoms with Gasteiger partial charge in [-0.25, -0.2) is 4.79 Å². The van der Waals surface area contributed by atoms with E-state index in [2.05, 4.69) is 22.6 Å². The molecule has 1 aromatic rings. The van der Waals surface area contributed by atoms with Crippen molar-refractivity contribution in [3.05, 3.63) is 21.4 Å². The average Bonchev–Trinajstić information content (AvgIpc) is 2.68. The summed E-state index contributed by atoms with van der Waals surface area (Å²) in [5, 5.41) is 0. The van der Waals surface area contributed by atoms with Crippen molar-refractivity contribution in [2.45, 2.75) is 12.2 Å². The van der Waals surface area contributed by atoms with Gasteiger partial charge in [-0.15, -0.1) is 11.3 Å². The van der Waals surface area contributed by atoms with Gasteiger partial charge in [-0.1, -0.05) is 0 Å². The normalized spacial score (nSPS) is 13.7. The van der Waals surface area contributed by atoms with Gasteiger partial charge in [0, 0.05) is 16.6 Å². The smallest absolute Gasteiger partial charge is 0.384 e. The number of ether oxygens (including phenoxy) is 1. The lowest BCUT2D eigenvalue weighted by atomic mass is 10.2. The van der Waals surface area contributed by atoms with E-state index in [0.29, 0.717) is 0 Å². The molecule has 15 heavy (non-hydrogen) atoms. The SMILES string of the molecule is COC(=O)C#Cc1cc2c(s1)CCSC2. The highest BCUT2D eigenvalue weighted by Gasteiger charge is 2.12. The van der Waals surface area contributed by atoms with E-state index in [1.807, 2.05) is 11.8 Å². The maximum Gasteiger partial charge on any atom is 0.384 e. The van der Waals surface area contributed by atoms with Crippen molar-refractivity contribution < 1.29 is 9.53 Å². The zero-order valence-electron chi connectivity index (χ0n) is 8.33. The van der Waals surface area contributed by atoms with Crippen LogP contribution in [0.5, 0.6) is 0 Å². The first-order valence-corrected chi connectivity index (χ1v) is 6.56. The molecule has 0 aliphatic carbocycles. The Morgan fingerprint density at radius 1 is 1.60 bits per heavy atom. The number of methoxy groups -OCH3 is 1. The van der Waals surface area contributed by atoms with Gasteiger partial charge in [-0.3, -0.25) is 0 Å². The second-order valence-corrected chi connectivity index (χ2v) is 5.35. The minimum atomic E-state index is -0.476. The molecule has 0 bridgehead atoms. The first-order chi connectivity index (χ1) is 7.29. The van der Waals surface area contributed by atoms with Crippen LogP contribution in [-0.2, 0) is 21.7 Å². The Morgan fingerprint density at radius 3 is 3.20 bits per heavy atom. The lowest BCUT2D eigenvalue weighted by Gasteiger charge is -2.08. The summed E-state index contributed by atoms with van der Waals surface area (Å²) in [7, 11) is 1.34. The molecule has 0 saturated carbocycles. The molecule has 0 fully saturated rings. The summed E-state index contributed by atoms with van der Waals surface area (Å²) in [6, 6.07) is 2.09. The Labute approximate surface area is 97.0 Å². The summed E-state index contributed by atoms with van der Waals surface area (Å²) in [5.74, 6) is 7.08. The maximum absolute atomic E-state index is 10.8. The van der Waals surface area contributed by atoms with Crippen molar-refractivity contribution in [1.82, 2.24) is 0 Å². The topological polar surface area (TPSA) is 26.3 Å². The highest BCUT2D eigenvalue weighted by Crippen LogP contribution is 2.31. The van der Waals surface area contributed by atoms with Crippen LogP contribution in [0, 0.1) is 11.8 Å². The molecule has 0 saturated heterocycles. The number of hydrogen-bond donors (Lipinski definition) is 0. The molecule has 0 amide bonds. The van der Waals surface area contributed by atoms with Gasteiger partial charge in [0.05, 0.1) is 12.0 Å². The molecule has 0 atom stereocenters. The van der Waals surface area contributed by atoms with Gasteiger partial charge in [0.1, 0.15) is 0 Å². The van der Waals surface area contributed by atoms with E-state index in [9.17, 15) is 4.79 Å². The lowest BCUT2D eigenvalue weighted by Crippen LogP contribution is -1.96. The van der Waals surface area contributed by atoms with E-state index in [1.54, 1.807) is 11.3 Å². The Hall–Kier alpha value is -0.920. The van der Waals surface area contributed by atoms with Crippen molar-refractivity contribution in [3.63, 3.8) is 0 Å². The molecule has 2 rings (SSSR count). The largest absolute Gasteiger partial charge is 0.459 e. The molecule has 1 aromatic heterocycles. The fraction of sp³-hybridized carbons (Fsp3) is 0.364. The monoisotopic (exact) mass is 238 g/mol. The van der Waals surface area contributed by atoms with Crippen LogP contribution in [0.25, 0.3) is 0 Å². The molecular weight excluding hydrogens is 228 g/mol. The number of rotatable bonds is 0. The number of thioether (sulfide) groups is 1. The Balaban J connectivity index is 2.18. The van der Waals surface area contributed by atoms with E-state index in [0.717, 1.165) is 17.1 Å². The molecular formula is C11H10O2S2. The Bertz CT molecular complexity index is 414. The minimum absolute atomic E-state index is 0.476. The van der Waals surface area contributed by atoms with Crippen LogP contribution in [0.1, 0.15) is 15.3 Å². The predicted molar refractivity (Wildman–Crippen MR) is 63.1 cm³/mol. The fourth-order valence-corrected chi connectivity index (χ4v) is 3.60. The molecule has 2 heterocycles. The van der Waals surface area contributed by atoms with Gasteiger partial charge < -0.3 is 4.74 Å². The summed E-state index contributed by atoms with van der Waals surface area (Å²) >= 11 is 3.64. The third-order valence-corrected chi connectivity index (χ3v) is 4.26. The first kappa shape index (κ1) is 10.6. The third kappa shape index (κ3) is 2.55. The summed E-state index contributed by atoms with van der Waals surface area (Å²) in [6.07, 6.45) is 1.13. The number of carbonyl (C=O) groups excluding carboxylic acids is 1. The summed E-state index contributed by atoms with van der Waals surface area (Å²) in [4.78, 5) is 13.2. The van der Waals surface area contributed by atoms with Crippen molar-refractivity contribution in [2.24, 2.45) is 0 Å². The Morgan fingerprint density at radius 2 is 2.47 bits per heavy atom. The van der Waals surface area contributed by atoms with Crippen molar-refractivity contribution in [3.8, 4) is 11.8 Å². The zero-order valence-corrected chi connectivity index (χ0v) is 9.96. The maximum atomic E-state index is 10.8. The van der Waals surface area contributed by atoms with Crippen molar-refractivity contribution >= 4 is 29.1 Å². The van der Waals surface area contributed by atoms with E-state index in [4.69, 9.17) is 0 Å². The van der Waals surface area contributed by atoms with Crippen LogP contribution in [-0.4, -0.2) is 18.8 Å². The van der Waals surface area contributed by atoms with Gasteiger partial charge in [0.15, 0.2) is 0 Å². The van der Waals surface area contributed by atoms with Gasteiger partial charge in [0.2, 0.25) is 0 Å². The quantitative estimate of drug-likeness (QED) is 0.511. The fourth-order valence-electron chi connectivity index (χ4n) is 1.37. The van der Waals surface area contributed by atoms with Crippen LogP contribution >= 0.6 is 23.1 Å². The lowest BCUT2D eigenvalue weighted by molar-refractivity contribution is -0.133. The van der Waals surface area contributed by atoms with E-state index < -0.39 is 5.97 Å². The molecule has 0 N–H and O–H groups in total. The number of fused-ring (bicyclic) bond motifs is 1. The highest BCUT2D eigenvalue weighted by atomic mass is 32.2. The summed E-state index contributed by atoms with van der Waals surface area (Å²) in [6.45, 7) is 0. The van der Waals surface area contributed by atoms with Gasteiger partial charge in [-0.2, -0.15) is 11.8 Å². The number of esters is 1. The minimum Gasteiger partial charge on any atom is -0.459 e. The molecule has 78 valence electrons. The number of hydrogen-bond acceptors (Lipinski definition) is 4. The number of thiophene rings is 1. The molecule has 0 spiro atoms. The first-order valence-electron chi connectivity index (χ1n) is 4.59. The molecule has 0 radical (unpaired) electrons. The predicted octanol–water partition coefficient (Wildman–Crippen LogP) is 2.06. The third-order valence-electron chi connectivity index (χ3n) is 2.10. The van der Waals surface area contributed by atoms with Crippen LogP contribution in [0.4, 0.5) is 0 Å². The van der Waals surface area contributed by atoms with Gasteiger partial charge in [0.25, 0.3) is 0 Å². The zero-order chi connectivity index (χ0) is 10.7. The molecule has 0 unspecified atom stereocenters. The standard InChI is InChI=1S/C11H10O2S2/c1-13-11(12)3-2-9-6-8-7-14-5-4-10(8)15-9/h6H,4-5,7H2,1H3. The van der Waals surface area contributed by atoms with Crippen molar-refractivity contribution in [2.75, 3.05) is 12.9 Å². The molecule has 4 heteroatoms. The highest BCUT2D eigenvalue weighted by molar-refractivity contribution is 7.98. The summed E-state index contributed by atoms with van der Waals surface area (Å²) in [5.41, 5.74) is 1.38. The van der Waals surface area contributed by atoms with Crippen LogP contribution in [0.15, 0.2) is 6.07 Å². The van der Waals surface area contributed by atoms with Crippen LogP contribution < -0.4 is 0 Å². The van der Waals surface area contributed by atoms with Crippen LogP contribution in [0.3, 0.4) is 0 Å². The molecule has 0 aromatic carbocycles. The molecule has 1 aliphatic heterocycles. The van der Waals surface area contributed by atoms with E-state index in [1.165, 1.54) is 23.3 Å². The van der Waals surface area contributed by atoms with Gasteiger partial charge in [-0.05, 0) is 29.7 Å². The Kier molecular flexibility index (Phi) is 3.34. The number of aryl methyl sites for hydroxylation is 1. The van der Waals surface area contributed by atoms with E-state index >= 15 is 0 Å². The average molecular weight is 238 g/mol. The molecule has 2 nitrogen and oxygen atoms in total. The molecule has 1 aliphatic rings. The van der Waals surface area contributed by atoms with Gasteiger partial charge >= 0.3 is 5.97 Å².